The lowest BCUT2D eigenvalue weighted by Gasteiger charge is -2.29. The van der Waals surface area contributed by atoms with Crippen LogP contribution in [0.1, 0.15) is 41.6 Å². The van der Waals surface area contributed by atoms with Crippen molar-refractivity contribution in [1.29, 1.82) is 0 Å². The lowest BCUT2D eigenvalue weighted by Crippen LogP contribution is -2.43. The first-order valence-electron chi connectivity index (χ1n) is 10.6. The second kappa shape index (κ2) is 10.3. The van der Waals surface area contributed by atoms with E-state index >= 15 is 0 Å². The van der Waals surface area contributed by atoms with Gasteiger partial charge in [0.05, 0.1) is 0 Å². The van der Waals surface area contributed by atoms with Crippen molar-refractivity contribution >= 4 is 29.1 Å². The predicted molar refractivity (Wildman–Crippen MR) is 127 cm³/mol. The number of nitrogens with zero attached hydrogens (tertiary/aromatic N) is 1. The van der Waals surface area contributed by atoms with E-state index in [4.69, 9.17) is 23.2 Å². The molecule has 3 N–H and O–H groups in total. The number of pyridine rings is 2. The third kappa shape index (κ3) is 5.57. The standard InChI is InChI=1S/C24H24Cl2N4O2/c25-17-3-8-20(22(26)11-17)16-10-21(23(31)29-14-16)24(32)30-19-6-4-18(5-7-19)28-13-15-2-1-9-27-12-15/h1-3,8-12,14,18-19,28H,4-7,13H2,(H,29,31)(H,30,32). The lowest BCUT2D eigenvalue weighted by molar-refractivity contribution is 0.0922. The summed E-state index contributed by atoms with van der Waals surface area (Å²) in [7, 11) is 0. The molecule has 2 heterocycles. The molecule has 166 valence electrons. The van der Waals surface area contributed by atoms with Crippen LogP contribution >= 0.6 is 23.2 Å². The van der Waals surface area contributed by atoms with Crippen LogP contribution < -0.4 is 16.2 Å². The molecule has 1 aliphatic carbocycles. The molecule has 0 atom stereocenters. The third-order valence-corrected chi connectivity index (χ3v) is 6.32. The van der Waals surface area contributed by atoms with Gasteiger partial charge in [0.2, 0.25) is 0 Å². The van der Waals surface area contributed by atoms with E-state index in [9.17, 15) is 9.59 Å². The molecule has 8 heteroatoms. The summed E-state index contributed by atoms with van der Waals surface area (Å²) in [6.45, 7) is 0.783. The lowest BCUT2D eigenvalue weighted by atomic mass is 9.91. The SMILES string of the molecule is O=C(NC1CCC(NCc2cccnc2)CC1)c1cc(-c2ccc(Cl)cc2Cl)c[nH]c1=O. The Bertz CT molecular complexity index is 1140. The Balaban J connectivity index is 1.35. The first-order valence-corrected chi connectivity index (χ1v) is 11.4. The first-order chi connectivity index (χ1) is 15.5. The van der Waals surface area contributed by atoms with Gasteiger partial charge in [0.1, 0.15) is 5.56 Å². The van der Waals surface area contributed by atoms with Crippen molar-refractivity contribution in [2.75, 3.05) is 0 Å². The van der Waals surface area contributed by atoms with Crippen LogP contribution in [0.15, 0.2) is 59.8 Å². The quantitative estimate of drug-likeness (QED) is 0.492. The number of hydrogen-bond donors (Lipinski definition) is 3. The molecule has 0 saturated heterocycles. The van der Waals surface area contributed by atoms with Crippen molar-refractivity contribution in [1.82, 2.24) is 20.6 Å². The minimum absolute atomic E-state index is 0.0427. The zero-order chi connectivity index (χ0) is 22.5. The van der Waals surface area contributed by atoms with E-state index < -0.39 is 5.56 Å². The Morgan fingerprint density at radius 1 is 1.09 bits per heavy atom. The van der Waals surface area contributed by atoms with Crippen molar-refractivity contribution in [2.45, 2.75) is 44.3 Å². The highest BCUT2D eigenvalue weighted by atomic mass is 35.5. The smallest absolute Gasteiger partial charge is 0.260 e. The molecule has 1 saturated carbocycles. The molecule has 3 aromatic rings. The maximum atomic E-state index is 12.8. The van der Waals surface area contributed by atoms with Gasteiger partial charge in [-0.05, 0) is 55.5 Å². The fourth-order valence-corrected chi connectivity index (χ4v) is 4.52. The number of nitrogens with one attached hydrogen (secondary N) is 3. The Hall–Kier alpha value is -2.67. The maximum Gasteiger partial charge on any atom is 0.260 e. The third-order valence-electron chi connectivity index (χ3n) is 5.77. The normalized spacial score (nSPS) is 18.3. The average Bonchev–Trinajstić information content (AvgIpc) is 2.80. The Morgan fingerprint density at radius 2 is 1.88 bits per heavy atom. The topological polar surface area (TPSA) is 86.9 Å². The summed E-state index contributed by atoms with van der Waals surface area (Å²) in [6.07, 6.45) is 8.81. The molecule has 0 bridgehead atoms. The molecule has 32 heavy (non-hydrogen) atoms. The summed E-state index contributed by atoms with van der Waals surface area (Å²) >= 11 is 12.3. The minimum Gasteiger partial charge on any atom is -0.349 e. The van der Waals surface area contributed by atoms with Crippen LogP contribution in [0.3, 0.4) is 0 Å². The van der Waals surface area contributed by atoms with Crippen LogP contribution in [0.5, 0.6) is 0 Å². The zero-order valence-electron chi connectivity index (χ0n) is 17.4. The van der Waals surface area contributed by atoms with Gasteiger partial charge in [-0.2, -0.15) is 0 Å². The average molecular weight is 471 g/mol. The second-order valence-electron chi connectivity index (χ2n) is 8.02. The van der Waals surface area contributed by atoms with Gasteiger partial charge in [0, 0.05) is 58.4 Å². The molecular weight excluding hydrogens is 447 g/mol. The number of rotatable bonds is 6. The predicted octanol–water partition coefficient (Wildman–Crippen LogP) is 4.57. The molecule has 6 nitrogen and oxygen atoms in total. The molecule has 1 aliphatic rings. The van der Waals surface area contributed by atoms with Crippen molar-refractivity contribution in [3.8, 4) is 11.1 Å². The highest BCUT2D eigenvalue weighted by Gasteiger charge is 2.23. The van der Waals surface area contributed by atoms with E-state index in [-0.39, 0.29) is 17.5 Å². The summed E-state index contributed by atoms with van der Waals surface area (Å²) < 4.78 is 0. The van der Waals surface area contributed by atoms with Gasteiger partial charge in [0.15, 0.2) is 0 Å². The second-order valence-corrected chi connectivity index (χ2v) is 8.86. The molecule has 1 amide bonds. The minimum atomic E-state index is -0.428. The van der Waals surface area contributed by atoms with Gasteiger partial charge in [-0.1, -0.05) is 35.3 Å². The van der Waals surface area contributed by atoms with Gasteiger partial charge in [-0.3, -0.25) is 14.6 Å². The number of carbonyl (C=O) groups excluding carboxylic acids is 1. The summed E-state index contributed by atoms with van der Waals surface area (Å²) in [5.74, 6) is -0.370. The molecule has 0 radical (unpaired) electrons. The van der Waals surface area contributed by atoms with Crippen molar-refractivity contribution < 1.29 is 4.79 Å². The van der Waals surface area contributed by atoms with E-state index in [2.05, 4.69) is 26.7 Å². The monoisotopic (exact) mass is 470 g/mol. The number of H-pyrrole nitrogens is 1. The van der Waals surface area contributed by atoms with Crippen LogP contribution in [-0.2, 0) is 6.54 Å². The molecule has 0 unspecified atom stereocenters. The number of amides is 1. The van der Waals surface area contributed by atoms with E-state index in [0.717, 1.165) is 37.8 Å². The van der Waals surface area contributed by atoms with Gasteiger partial charge >= 0.3 is 0 Å². The summed E-state index contributed by atoms with van der Waals surface area (Å²) in [5, 5.41) is 7.55. The first kappa shape index (κ1) is 22.5. The molecule has 1 fully saturated rings. The van der Waals surface area contributed by atoms with Crippen molar-refractivity contribution in [3.63, 3.8) is 0 Å². The zero-order valence-corrected chi connectivity index (χ0v) is 18.9. The van der Waals surface area contributed by atoms with Gasteiger partial charge < -0.3 is 15.6 Å². The van der Waals surface area contributed by atoms with Gasteiger partial charge in [0.25, 0.3) is 11.5 Å². The van der Waals surface area contributed by atoms with Gasteiger partial charge in [-0.25, -0.2) is 0 Å². The van der Waals surface area contributed by atoms with E-state index in [1.807, 2.05) is 12.3 Å². The van der Waals surface area contributed by atoms with Gasteiger partial charge in [-0.15, -0.1) is 0 Å². The van der Waals surface area contributed by atoms with Crippen molar-refractivity contribution in [2.24, 2.45) is 0 Å². The summed E-state index contributed by atoms with van der Waals surface area (Å²) in [4.78, 5) is 31.9. The molecule has 1 aromatic carbocycles. The van der Waals surface area contributed by atoms with E-state index in [1.54, 1.807) is 36.7 Å². The number of carbonyl (C=O) groups is 1. The molecule has 2 aromatic heterocycles. The number of hydrogen-bond acceptors (Lipinski definition) is 4. The summed E-state index contributed by atoms with van der Waals surface area (Å²) in [6, 6.07) is 11.1. The van der Waals surface area contributed by atoms with E-state index in [0.29, 0.717) is 27.2 Å². The number of aromatic amines is 1. The maximum absolute atomic E-state index is 12.8. The molecular formula is C24H24Cl2N4O2. The van der Waals surface area contributed by atoms with E-state index in [1.165, 1.54) is 0 Å². The molecule has 0 aliphatic heterocycles. The number of aromatic nitrogens is 2. The van der Waals surface area contributed by atoms with Crippen LogP contribution in [0.2, 0.25) is 10.0 Å². The van der Waals surface area contributed by atoms with Crippen LogP contribution in [0, 0.1) is 0 Å². The Morgan fingerprint density at radius 3 is 2.59 bits per heavy atom. The molecule has 4 rings (SSSR count). The van der Waals surface area contributed by atoms with Crippen LogP contribution in [0.25, 0.3) is 11.1 Å². The highest BCUT2D eigenvalue weighted by Crippen LogP contribution is 2.30. The Labute approximate surface area is 196 Å². The van der Waals surface area contributed by atoms with Crippen LogP contribution in [-0.4, -0.2) is 28.0 Å². The molecule has 0 spiro atoms. The summed E-state index contributed by atoms with van der Waals surface area (Å²) in [5.41, 5.74) is 2.15. The number of benzene rings is 1. The fourth-order valence-electron chi connectivity index (χ4n) is 4.00. The largest absolute Gasteiger partial charge is 0.349 e. The fraction of sp³-hybridized carbons (Fsp3) is 0.292. The highest BCUT2D eigenvalue weighted by molar-refractivity contribution is 6.36. The number of halogens is 2. The van der Waals surface area contributed by atoms with Crippen molar-refractivity contribution in [3.05, 3.63) is 86.5 Å². The van der Waals surface area contributed by atoms with Crippen LogP contribution in [0.4, 0.5) is 0 Å². The Kier molecular flexibility index (Phi) is 7.25.